The topological polar surface area (TPSA) is 69.6 Å². The molecule has 6 nitrogen and oxygen atoms in total. The van der Waals surface area contributed by atoms with Crippen LogP contribution in [0.4, 0.5) is 0 Å². The molecule has 1 amide bonds. The average Bonchev–Trinajstić information content (AvgIpc) is 3.08. The van der Waals surface area contributed by atoms with Crippen LogP contribution in [0.5, 0.6) is 0 Å². The molecule has 0 bridgehead atoms. The Bertz CT molecular complexity index is 538. The highest BCUT2D eigenvalue weighted by Crippen LogP contribution is 2.07. The fourth-order valence-electron chi connectivity index (χ4n) is 2.65. The molecule has 1 aromatic rings. The van der Waals surface area contributed by atoms with E-state index in [2.05, 4.69) is 27.5 Å². The molecule has 0 saturated carbocycles. The molecule has 1 aliphatic rings. The highest BCUT2D eigenvalue weighted by Gasteiger charge is 2.17. The Hall–Kier alpha value is -2.11. The lowest BCUT2D eigenvalue weighted by molar-refractivity contribution is -0.128. The van der Waals surface area contributed by atoms with Gasteiger partial charge in [0.15, 0.2) is 5.96 Å². The minimum Gasteiger partial charge on any atom is -0.357 e. The van der Waals surface area contributed by atoms with Gasteiger partial charge in [-0.05, 0) is 50.3 Å². The molecule has 0 radical (unpaired) electrons. The Morgan fingerprint density at radius 1 is 1.35 bits per heavy atom. The quantitative estimate of drug-likeness (QED) is 0.609. The maximum atomic E-state index is 12.1. The smallest absolute Gasteiger partial charge is 0.244 e. The molecule has 2 heterocycles. The molecule has 0 aromatic carbocycles. The molecule has 0 aliphatic carbocycles. The number of hydrogen-bond donors (Lipinski definition) is 2. The molecule has 23 heavy (non-hydrogen) atoms. The Kier molecular flexibility index (Phi) is 6.84. The second-order valence-corrected chi connectivity index (χ2v) is 5.76. The van der Waals surface area contributed by atoms with E-state index in [1.165, 1.54) is 11.1 Å². The zero-order valence-electron chi connectivity index (χ0n) is 14.1. The van der Waals surface area contributed by atoms with Crippen LogP contribution < -0.4 is 10.6 Å². The summed E-state index contributed by atoms with van der Waals surface area (Å²) in [4.78, 5) is 22.5. The Morgan fingerprint density at radius 3 is 2.83 bits per heavy atom. The van der Waals surface area contributed by atoms with Gasteiger partial charge in [-0.1, -0.05) is 0 Å². The third-order valence-corrected chi connectivity index (χ3v) is 4.00. The molecular weight excluding hydrogens is 290 g/mol. The van der Waals surface area contributed by atoms with Gasteiger partial charge in [-0.3, -0.25) is 9.78 Å². The van der Waals surface area contributed by atoms with Crippen molar-refractivity contribution in [2.24, 2.45) is 4.99 Å². The van der Waals surface area contributed by atoms with Gasteiger partial charge in [0, 0.05) is 38.6 Å². The molecule has 0 atom stereocenters. The van der Waals surface area contributed by atoms with Gasteiger partial charge in [0.1, 0.15) is 6.54 Å². The number of nitrogens with zero attached hydrogens (tertiary/aromatic N) is 3. The van der Waals surface area contributed by atoms with Crippen molar-refractivity contribution in [3.8, 4) is 0 Å². The highest BCUT2D eigenvalue weighted by atomic mass is 16.2. The highest BCUT2D eigenvalue weighted by molar-refractivity contribution is 5.85. The summed E-state index contributed by atoms with van der Waals surface area (Å²) in [5.74, 6) is 0.816. The molecule has 0 spiro atoms. The molecule has 2 N–H and O–H groups in total. The van der Waals surface area contributed by atoms with Crippen LogP contribution >= 0.6 is 0 Å². The molecule has 126 valence electrons. The van der Waals surface area contributed by atoms with Crippen molar-refractivity contribution < 1.29 is 4.79 Å². The number of hydrogen-bond acceptors (Lipinski definition) is 3. The van der Waals surface area contributed by atoms with E-state index in [0.29, 0.717) is 5.96 Å². The van der Waals surface area contributed by atoms with E-state index in [1.807, 2.05) is 30.3 Å². The van der Waals surface area contributed by atoms with Crippen LogP contribution in [0.3, 0.4) is 0 Å². The van der Waals surface area contributed by atoms with Gasteiger partial charge in [-0.25, -0.2) is 4.99 Å². The summed E-state index contributed by atoms with van der Waals surface area (Å²) in [5.41, 5.74) is 2.47. The molecule has 1 saturated heterocycles. The predicted octanol–water partition coefficient (Wildman–Crippen LogP) is 1.11. The first-order chi connectivity index (χ1) is 11.2. The fourth-order valence-corrected chi connectivity index (χ4v) is 2.65. The molecule has 1 aromatic heterocycles. The number of aliphatic imine (C=N–C) groups is 1. The molecule has 0 unspecified atom stereocenters. The van der Waals surface area contributed by atoms with Crippen molar-refractivity contribution in [1.82, 2.24) is 20.5 Å². The lowest BCUT2D eigenvalue weighted by Crippen LogP contribution is -2.39. The van der Waals surface area contributed by atoms with Gasteiger partial charge >= 0.3 is 0 Å². The van der Waals surface area contributed by atoms with Crippen LogP contribution in [0.15, 0.2) is 23.5 Å². The number of guanidine groups is 1. The van der Waals surface area contributed by atoms with Crippen LogP contribution in [0.2, 0.25) is 0 Å². The van der Waals surface area contributed by atoms with Crippen LogP contribution in [0.25, 0.3) is 0 Å². The van der Waals surface area contributed by atoms with Crippen molar-refractivity contribution in [1.29, 1.82) is 0 Å². The van der Waals surface area contributed by atoms with Crippen molar-refractivity contribution in [2.45, 2.75) is 33.1 Å². The van der Waals surface area contributed by atoms with Gasteiger partial charge in [0.05, 0.1) is 0 Å². The number of carbonyl (C=O) groups excluding carboxylic acids is 1. The number of pyridine rings is 1. The SMILES string of the molecule is CCNC(=NCC(=O)N1CCCC1)NCCc1ccncc1C. The summed E-state index contributed by atoms with van der Waals surface area (Å²) in [5, 5.41) is 6.48. The first-order valence-electron chi connectivity index (χ1n) is 8.40. The van der Waals surface area contributed by atoms with E-state index in [1.54, 1.807) is 0 Å². The molecular formula is C17H27N5O. The number of nitrogens with one attached hydrogen (secondary N) is 2. The minimum absolute atomic E-state index is 0.115. The second-order valence-electron chi connectivity index (χ2n) is 5.76. The summed E-state index contributed by atoms with van der Waals surface area (Å²) >= 11 is 0. The van der Waals surface area contributed by atoms with Crippen molar-refractivity contribution in [2.75, 3.05) is 32.7 Å². The molecule has 6 heteroatoms. The summed E-state index contributed by atoms with van der Waals surface area (Å²) < 4.78 is 0. The number of aryl methyl sites for hydroxylation is 1. The van der Waals surface area contributed by atoms with E-state index < -0.39 is 0 Å². The summed E-state index contributed by atoms with van der Waals surface area (Å²) in [6, 6.07) is 2.04. The van der Waals surface area contributed by atoms with Crippen LogP contribution in [0, 0.1) is 6.92 Å². The first kappa shape index (κ1) is 17.2. The number of amides is 1. The Balaban J connectivity index is 1.81. The van der Waals surface area contributed by atoms with Crippen LogP contribution in [0.1, 0.15) is 30.9 Å². The number of carbonyl (C=O) groups is 1. The summed E-state index contributed by atoms with van der Waals surface area (Å²) in [7, 11) is 0. The summed E-state index contributed by atoms with van der Waals surface area (Å²) in [6.45, 7) is 7.60. The molecule has 1 fully saturated rings. The maximum absolute atomic E-state index is 12.1. The van der Waals surface area contributed by atoms with Crippen molar-refractivity contribution in [3.63, 3.8) is 0 Å². The minimum atomic E-state index is 0.115. The first-order valence-corrected chi connectivity index (χ1v) is 8.40. The summed E-state index contributed by atoms with van der Waals surface area (Å²) in [6.07, 6.45) is 6.82. The number of rotatable bonds is 6. The average molecular weight is 317 g/mol. The van der Waals surface area contributed by atoms with E-state index in [9.17, 15) is 4.79 Å². The maximum Gasteiger partial charge on any atom is 0.244 e. The van der Waals surface area contributed by atoms with Gasteiger partial charge in [-0.2, -0.15) is 0 Å². The van der Waals surface area contributed by atoms with E-state index in [0.717, 1.165) is 45.4 Å². The lowest BCUT2D eigenvalue weighted by Gasteiger charge is -2.15. The number of likely N-dealkylation sites (tertiary alicyclic amines) is 1. The van der Waals surface area contributed by atoms with E-state index in [4.69, 9.17) is 0 Å². The largest absolute Gasteiger partial charge is 0.357 e. The zero-order chi connectivity index (χ0) is 16.5. The van der Waals surface area contributed by atoms with Gasteiger partial charge < -0.3 is 15.5 Å². The van der Waals surface area contributed by atoms with Crippen LogP contribution in [-0.2, 0) is 11.2 Å². The van der Waals surface area contributed by atoms with Crippen molar-refractivity contribution >= 4 is 11.9 Å². The number of aromatic nitrogens is 1. The van der Waals surface area contributed by atoms with E-state index in [-0.39, 0.29) is 12.5 Å². The molecule has 1 aliphatic heterocycles. The monoisotopic (exact) mass is 317 g/mol. The normalized spacial score (nSPS) is 14.9. The fraction of sp³-hybridized carbons (Fsp3) is 0.588. The predicted molar refractivity (Wildman–Crippen MR) is 92.5 cm³/mol. The van der Waals surface area contributed by atoms with Crippen molar-refractivity contribution in [3.05, 3.63) is 29.6 Å². The van der Waals surface area contributed by atoms with Gasteiger partial charge in [-0.15, -0.1) is 0 Å². The van der Waals surface area contributed by atoms with Crippen LogP contribution in [-0.4, -0.2) is 54.5 Å². The molecule has 2 rings (SSSR count). The van der Waals surface area contributed by atoms with Gasteiger partial charge in [0.2, 0.25) is 5.91 Å². The zero-order valence-corrected chi connectivity index (χ0v) is 14.1. The van der Waals surface area contributed by atoms with Gasteiger partial charge in [0.25, 0.3) is 0 Å². The Morgan fingerprint density at radius 2 is 2.13 bits per heavy atom. The van der Waals surface area contributed by atoms with E-state index >= 15 is 0 Å². The third-order valence-electron chi connectivity index (χ3n) is 4.00. The third kappa shape index (κ3) is 5.54. The standard InChI is InChI=1S/C17H27N5O/c1-3-19-17(21-13-16(23)22-10-4-5-11-22)20-9-7-15-6-8-18-12-14(15)2/h6,8,12H,3-5,7,9-11,13H2,1-2H3,(H2,19,20,21). The Labute approximate surface area is 138 Å². The second kappa shape index (κ2) is 9.12. The lowest BCUT2D eigenvalue weighted by atomic mass is 10.1.